The summed E-state index contributed by atoms with van der Waals surface area (Å²) in [6.07, 6.45) is 1.83. The van der Waals surface area contributed by atoms with Crippen LogP contribution in [0.5, 0.6) is 0 Å². The summed E-state index contributed by atoms with van der Waals surface area (Å²) in [6.45, 7) is 4.03. The molecule has 2 aromatic heterocycles. The van der Waals surface area contributed by atoms with E-state index in [1.807, 2.05) is 38.2 Å². The van der Waals surface area contributed by atoms with Crippen LogP contribution in [-0.4, -0.2) is 9.97 Å². The molecule has 2 heterocycles. The third kappa shape index (κ3) is 2.50. The number of aromatic nitrogens is 2. The molecule has 2 aromatic carbocycles. The van der Waals surface area contributed by atoms with Gasteiger partial charge in [-0.25, -0.2) is 4.39 Å². The average molecular weight is 319 g/mol. The van der Waals surface area contributed by atoms with Crippen molar-refractivity contribution in [2.45, 2.75) is 19.9 Å². The number of benzene rings is 2. The number of rotatable bonds is 3. The lowest BCUT2D eigenvalue weighted by atomic mass is 10.1. The van der Waals surface area contributed by atoms with Gasteiger partial charge in [0.05, 0.1) is 11.2 Å². The Labute approximate surface area is 139 Å². The largest absolute Gasteiger partial charge is 0.379 e. The molecule has 1 atom stereocenters. The lowest BCUT2D eigenvalue weighted by Crippen LogP contribution is -2.06. The monoisotopic (exact) mass is 319 g/mol. The highest BCUT2D eigenvalue weighted by atomic mass is 19.1. The second-order valence-electron chi connectivity index (χ2n) is 6.13. The number of anilines is 1. The van der Waals surface area contributed by atoms with Crippen LogP contribution in [0.4, 0.5) is 10.1 Å². The Balaban J connectivity index is 1.72. The summed E-state index contributed by atoms with van der Waals surface area (Å²) in [5.74, 6) is -0.212. The number of aryl methyl sites for hydroxylation is 1. The van der Waals surface area contributed by atoms with Crippen molar-refractivity contribution in [3.8, 4) is 0 Å². The molecular formula is C20H18FN3. The van der Waals surface area contributed by atoms with Crippen molar-refractivity contribution in [3.63, 3.8) is 0 Å². The first kappa shape index (κ1) is 14.7. The van der Waals surface area contributed by atoms with Gasteiger partial charge < -0.3 is 10.3 Å². The van der Waals surface area contributed by atoms with Crippen LogP contribution in [0.1, 0.15) is 24.2 Å². The number of nitrogens with one attached hydrogen (secondary N) is 2. The lowest BCUT2D eigenvalue weighted by Gasteiger charge is -2.16. The van der Waals surface area contributed by atoms with Gasteiger partial charge in [-0.2, -0.15) is 0 Å². The van der Waals surface area contributed by atoms with E-state index in [4.69, 9.17) is 0 Å². The molecule has 0 aliphatic heterocycles. The quantitative estimate of drug-likeness (QED) is 0.535. The molecule has 1 unspecified atom stereocenters. The van der Waals surface area contributed by atoms with Crippen molar-refractivity contribution in [2.75, 3.05) is 5.32 Å². The molecule has 0 saturated heterocycles. The van der Waals surface area contributed by atoms with E-state index in [1.54, 1.807) is 12.1 Å². The van der Waals surface area contributed by atoms with Crippen LogP contribution >= 0.6 is 0 Å². The Morgan fingerprint density at radius 3 is 2.79 bits per heavy atom. The maximum Gasteiger partial charge on any atom is 0.123 e. The first-order valence-corrected chi connectivity index (χ1v) is 8.01. The molecule has 4 heteroatoms. The molecule has 0 aliphatic carbocycles. The van der Waals surface area contributed by atoms with E-state index < -0.39 is 0 Å². The molecule has 0 saturated carbocycles. The third-order valence-corrected chi connectivity index (χ3v) is 4.44. The van der Waals surface area contributed by atoms with E-state index >= 15 is 0 Å². The Morgan fingerprint density at radius 2 is 1.96 bits per heavy atom. The average Bonchev–Trinajstić information content (AvgIpc) is 2.94. The molecule has 0 aliphatic rings. The highest BCUT2D eigenvalue weighted by molar-refractivity contribution is 6.08. The summed E-state index contributed by atoms with van der Waals surface area (Å²) in [5, 5.41) is 5.78. The Hall–Kier alpha value is -2.88. The van der Waals surface area contributed by atoms with Gasteiger partial charge in [-0.05, 0) is 55.8 Å². The van der Waals surface area contributed by atoms with E-state index in [0.29, 0.717) is 0 Å². The Kier molecular flexibility index (Phi) is 3.45. The van der Waals surface area contributed by atoms with Crippen LogP contribution in [-0.2, 0) is 0 Å². The number of aromatic amines is 1. The number of hydrogen-bond acceptors (Lipinski definition) is 2. The van der Waals surface area contributed by atoms with Gasteiger partial charge in [0.25, 0.3) is 0 Å². The van der Waals surface area contributed by atoms with Crippen molar-refractivity contribution in [1.29, 1.82) is 0 Å². The molecule has 0 radical (unpaired) electrons. The minimum absolute atomic E-state index is 0.0201. The maximum absolute atomic E-state index is 13.4. The molecule has 24 heavy (non-hydrogen) atoms. The summed E-state index contributed by atoms with van der Waals surface area (Å²) < 4.78 is 13.4. The van der Waals surface area contributed by atoms with Crippen molar-refractivity contribution in [3.05, 3.63) is 71.8 Å². The van der Waals surface area contributed by atoms with Gasteiger partial charge in [0, 0.05) is 34.2 Å². The molecule has 0 fully saturated rings. The molecular weight excluding hydrogens is 301 g/mol. The van der Waals surface area contributed by atoms with Crippen LogP contribution in [0.15, 0.2) is 54.7 Å². The van der Waals surface area contributed by atoms with Gasteiger partial charge in [0.2, 0.25) is 0 Å². The van der Waals surface area contributed by atoms with Gasteiger partial charge in [-0.3, -0.25) is 4.98 Å². The standard InChI is InChI=1S/C20H18FN3/c1-12(14-4-3-5-15(21)10-14)23-16-6-7-19-18(11-16)17-8-9-22-13(2)20(17)24-19/h3-12,23-24H,1-2H3. The molecule has 0 amide bonds. The molecule has 3 nitrogen and oxygen atoms in total. The molecule has 120 valence electrons. The molecule has 4 rings (SSSR count). The van der Waals surface area contributed by atoms with E-state index in [0.717, 1.165) is 33.4 Å². The number of fused-ring (bicyclic) bond motifs is 3. The Morgan fingerprint density at radius 1 is 1.08 bits per heavy atom. The van der Waals surface area contributed by atoms with Crippen molar-refractivity contribution < 1.29 is 4.39 Å². The second-order valence-corrected chi connectivity index (χ2v) is 6.13. The lowest BCUT2D eigenvalue weighted by molar-refractivity contribution is 0.623. The fourth-order valence-electron chi connectivity index (χ4n) is 3.16. The second kappa shape index (κ2) is 5.64. The summed E-state index contributed by atoms with van der Waals surface area (Å²) in [7, 11) is 0. The highest BCUT2D eigenvalue weighted by Crippen LogP contribution is 2.30. The fraction of sp³-hybridized carbons (Fsp3) is 0.150. The van der Waals surface area contributed by atoms with Crippen molar-refractivity contribution in [2.24, 2.45) is 0 Å². The number of H-pyrrole nitrogens is 1. The first-order chi connectivity index (χ1) is 11.6. The van der Waals surface area contributed by atoms with Gasteiger partial charge >= 0.3 is 0 Å². The highest BCUT2D eigenvalue weighted by Gasteiger charge is 2.10. The SMILES string of the molecule is Cc1nccc2c1[nH]c1ccc(NC(C)c3cccc(F)c3)cc12. The summed E-state index contributed by atoms with van der Waals surface area (Å²) in [6, 6.07) is 15.0. The van der Waals surface area contributed by atoms with Crippen molar-refractivity contribution in [1.82, 2.24) is 9.97 Å². The van der Waals surface area contributed by atoms with Crippen molar-refractivity contribution >= 4 is 27.5 Å². The van der Waals surface area contributed by atoms with Crippen LogP contribution in [0.25, 0.3) is 21.8 Å². The van der Waals surface area contributed by atoms with Crippen LogP contribution in [0.2, 0.25) is 0 Å². The van der Waals surface area contributed by atoms with E-state index in [-0.39, 0.29) is 11.9 Å². The van der Waals surface area contributed by atoms with Crippen LogP contribution < -0.4 is 5.32 Å². The zero-order valence-corrected chi connectivity index (χ0v) is 13.6. The number of nitrogens with zero attached hydrogens (tertiary/aromatic N) is 1. The predicted molar refractivity (Wildman–Crippen MR) is 96.8 cm³/mol. The summed E-state index contributed by atoms with van der Waals surface area (Å²) >= 11 is 0. The third-order valence-electron chi connectivity index (χ3n) is 4.44. The van der Waals surface area contributed by atoms with Crippen LogP contribution in [0.3, 0.4) is 0 Å². The molecule has 4 aromatic rings. The van der Waals surface area contributed by atoms with E-state index in [2.05, 4.69) is 27.4 Å². The van der Waals surface area contributed by atoms with Gasteiger partial charge in [-0.15, -0.1) is 0 Å². The normalized spacial score (nSPS) is 12.6. The summed E-state index contributed by atoms with van der Waals surface area (Å²) in [4.78, 5) is 7.76. The zero-order valence-electron chi connectivity index (χ0n) is 13.6. The minimum Gasteiger partial charge on any atom is -0.379 e. The van der Waals surface area contributed by atoms with Crippen LogP contribution in [0, 0.1) is 12.7 Å². The van der Waals surface area contributed by atoms with Gasteiger partial charge in [0.15, 0.2) is 0 Å². The summed E-state index contributed by atoms with van der Waals surface area (Å²) in [5.41, 5.74) is 5.09. The zero-order chi connectivity index (χ0) is 16.7. The van der Waals surface area contributed by atoms with Gasteiger partial charge in [0.1, 0.15) is 5.82 Å². The van der Waals surface area contributed by atoms with E-state index in [9.17, 15) is 4.39 Å². The predicted octanol–water partition coefficient (Wildman–Crippen LogP) is 5.34. The number of halogens is 1. The minimum atomic E-state index is -0.212. The van der Waals surface area contributed by atoms with E-state index in [1.165, 1.54) is 11.5 Å². The maximum atomic E-state index is 13.4. The number of pyridine rings is 1. The fourth-order valence-corrected chi connectivity index (χ4v) is 3.16. The molecule has 0 bridgehead atoms. The molecule has 0 spiro atoms. The molecule has 2 N–H and O–H groups in total. The number of hydrogen-bond donors (Lipinski definition) is 2. The smallest absolute Gasteiger partial charge is 0.123 e. The Bertz CT molecular complexity index is 1040. The topological polar surface area (TPSA) is 40.7 Å². The van der Waals surface area contributed by atoms with Gasteiger partial charge in [-0.1, -0.05) is 12.1 Å². The first-order valence-electron chi connectivity index (χ1n) is 8.01.